The number of aromatic nitrogens is 1. The summed E-state index contributed by atoms with van der Waals surface area (Å²) in [6.45, 7) is 10.4. The molecule has 0 atom stereocenters. The highest BCUT2D eigenvalue weighted by molar-refractivity contribution is 7.09. The molecule has 0 radical (unpaired) electrons. The Labute approximate surface area is 113 Å². The highest BCUT2D eigenvalue weighted by Crippen LogP contribution is 2.17. The average Bonchev–Trinajstić information content (AvgIpc) is 2.68. The second kappa shape index (κ2) is 5.63. The molecule has 0 amide bonds. The molecule has 0 bridgehead atoms. The average molecular weight is 260 g/mol. The molecule has 0 aliphatic rings. The summed E-state index contributed by atoms with van der Waals surface area (Å²) in [4.78, 5) is 5.60. The molecule has 0 saturated heterocycles. The summed E-state index contributed by atoms with van der Waals surface area (Å²) in [5.41, 5.74) is 8.57. The number of hydrogen-bond acceptors (Lipinski definition) is 3. The van der Waals surface area contributed by atoms with Gasteiger partial charge < -0.3 is 5.32 Å². The summed E-state index contributed by atoms with van der Waals surface area (Å²) in [5, 5.41) is 3.52. The highest BCUT2D eigenvalue weighted by Gasteiger charge is 2.05. The van der Waals surface area contributed by atoms with E-state index in [1.807, 2.05) is 5.51 Å². The normalized spacial score (nSPS) is 10.9. The molecular weight excluding hydrogens is 240 g/mol. The van der Waals surface area contributed by atoms with Crippen LogP contribution in [0.1, 0.15) is 32.8 Å². The van der Waals surface area contributed by atoms with Crippen molar-refractivity contribution in [2.75, 3.05) is 0 Å². The number of aryl methyl sites for hydroxylation is 4. The largest absolute Gasteiger partial charge is 0.308 e. The van der Waals surface area contributed by atoms with Gasteiger partial charge in [-0.3, -0.25) is 0 Å². The van der Waals surface area contributed by atoms with Gasteiger partial charge in [-0.2, -0.15) is 0 Å². The number of nitrogens with one attached hydrogen (secondary N) is 1. The third-order valence-corrected chi connectivity index (χ3v) is 4.21. The van der Waals surface area contributed by atoms with Gasteiger partial charge in [-0.25, -0.2) is 4.98 Å². The predicted octanol–water partition coefficient (Wildman–Crippen LogP) is 3.67. The van der Waals surface area contributed by atoms with E-state index >= 15 is 0 Å². The summed E-state index contributed by atoms with van der Waals surface area (Å²) in [7, 11) is 0. The van der Waals surface area contributed by atoms with E-state index in [0.29, 0.717) is 0 Å². The first-order chi connectivity index (χ1) is 8.58. The first-order valence-corrected chi connectivity index (χ1v) is 7.12. The van der Waals surface area contributed by atoms with Crippen molar-refractivity contribution in [2.24, 2.45) is 0 Å². The van der Waals surface area contributed by atoms with Crippen LogP contribution in [-0.4, -0.2) is 4.98 Å². The van der Waals surface area contributed by atoms with Gasteiger partial charge in [0.25, 0.3) is 0 Å². The smallest absolute Gasteiger partial charge is 0.0798 e. The molecule has 2 rings (SSSR count). The van der Waals surface area contributed by atoms with Crippen molar-refractivity contribution in [3.8, 4) is 0 Å². The molecule has 0 unspecified atom stereocenters. The first-order valence-electron chi connectivity index (χ1n) is 6.24. The Balaban J connectivity index is 2.01. The molecule has 1 N–H and O–H groups in total. The molecule has 18 heavy (non-hydrogen) atoms. The molecule has 2 aromatic rings. The maximum absolute atomic E-state index is 4.27. The molecule has 0 saturated carbocycles. The molecule has 0 aliphatic carbocycles. The van der Waals surface area contributed by atoms with Crippen molar-refractivity contribution in [1.82, 2.24) is 10.3 Å². The molecule has 1 aromatic heterocycles. The van der Waals surface area contributed by atoms with Crippen LogP contribution in [0.25, 0.3) is 0 Å². The van der Waals surface area contributed by atoms with E-state index in [4.69, 9.17) is 0 Å². The van der Waals surface area contributed by atoms with Crippen molar-refractivity contribution in [1.29, 1.82) is 0 Å². The fourth-order valence-electron chi connectivity index (χ4n) is 2.29. The quantitative estimate of drug-likeness (QED) is 0.907. The van der Waals surface area contributed by atoms with Gasteiger partial charge in [0.2, 0.25) is 0 Å². The lowest BCUT2D eigenvalue weighted by Crippen LogP contribution is -2.14. The van der Waals surface area contributed by atoms with Crippen LogP contribution in [-0.2, 0) is 13.1 Å². The maximum Gasteiger partial charge on any atom is 0.0798 e. The number of thiazole rings is 1. The van der Waals surface area contributed by atoms with E-state index in [1.54, 1.807) is 11.3 Å². The van der Waals surface area contributed by atoms with Crippen LogP contribution in [0.3, 0.4) is 0 Å². The number of hydrogen-bond donors (Lipinski definition) is 1. The minimum atomic E-state index is 0.906. The Morgan fingerprint density at radius 2 is 1.72 bits per heavy atom. The van der Waals surface area contributed by atoms with Crippen LogP contribution >= 0.6 is 11.3 Å². The summed E-state index contributed by atoms with van der Waals surface area (Å²) in [5.74, 6) is 0. The molecule has 0 fully saturated rings. The third kappa shape index (κ3) is 2.98. The first kappa shape index (κ1) is 13.2. The van der Waals surface area contributed by atoms with E-state index in [9.17, 15) is 0 Å². The number of nitrogens with zero attached hydrogens (tertiary/aromatic N) is 1. The fraction of sp³-hybridized carbons (Fsp3) is 0.400. The monoisotopic (exact) mass is 260 g/mol. The Hall–Kier alpha value is -1.19. The molecule has 3 heteroatoms. The Morgan fingerprint density at radius 1 is 1.06 bits per heavy atom. The van der Waals surface area contributed by atoms with E-state index in [0.717, 1.165) is 18.8 Å². The van der Waals surface area contributed by atoms with E-state index in [2.05, 4.69) is 50.1 Å². The van der Waals surface area contributed by atoms with Crippen LogP contribution in [0.4, 0.5) is 0 Å². The van der Waals surface area contributed by atoms with Gasteiger partial charge in [-0.15, -0.1) is 11.3 Å². The Kier molecular flexibility index (Phi) is 4.15. The Bertz CT molecular complexity index is 520. The molecule has 1 aromatic carbocycles. The van der Waals surface area contributed by atoms with Crippen LogP contribution < -0.4 is 5.32 Å². The molecule has 2 nitrogen and oxygen atoms in total. The second-order valence-electron chi connectivity index (χ2n) is 4.84. The van der Waals surface area contributed by atoms with Crippen LogP contribution in [0.15, 0.2) is 17.6 Å². The van der Waals surface area contributed by atoms with Crippen LogP contribution in [0, 0.1) is 27.7 Å². The number of rotatable bonds is 4. The van der Waals surface area contributed by atoms with Gasteiger partial charge >= 0.3 is 0 Å². The summed E-state index contributed by atoms with van der Waals surface area (Å²) < 4.78 is 0. The van der Waals surface area contributed by atoms with Crippen molar-refractivity contribution < 1.29 is 0 Å². The fourth-order valence-corrected chi connectivity index (χ4v) is 3.03. The molecular formula is C15H20N2S. The zero-order valence-electron chi connectivity index (χ0n) is 11.5. The number of benzene rings is 1. The zero-order chi connectivity index (χ0) is 13.1. The van der Waals surface area contributed by atoms with Crippen molar-refractivity contribution >= 4 is 11.3 Å². The molecule has 0 aliphatic heterocycles. The van der Waals surface area contributed by atoms with Crippen molar-refractivity contribution in [3.05, 3.63) is 50.5 Å². The lowest BCUT2D eigenvalue weighted by atomic mass is 10.00. The minimum absolute atomic E-state index is 0.906. The van der Waals surface area contributed by atoms with Gasteiger partial charge in [0.15, 0.2) is 0 Å². The van der Waals surface area contributed by atoms with Gasteiger partial charge in [0.05, 0.1) is 11.2 Å². The van der Waals surface area contributed by atoms with Gasteiger partial charge in [0, 0.05) is 18.0 Å². The predicted molar refractivity (Wildman–Crippen MR) is 78.0 cm³/mol. The third-order valence-electron chi connectivity index (χ3n) is 3.27. The lowest BCUT2D eigenvalue weighted by Gasteiger charge is -2.12. The lowest BCUT2D eigenvalue weighted by molar-refractivity contribution is 0.691. The molecule has 1 heterocycles. The summed E-state index contributed by atoms with van der Waals surface area (Å²) >= 11 is 1.72. The van der Waals surface area contributed by atoms with E-state index in [-0.39, 0.29) is 0 Å². The summed E-state index contributed by atoms with van der Waals surface area (Å²) in [6.07, 6.45) is 0. The standard InChI is InChI=1S/C15H20N2S/c1-10-5-11(2)14(12(3)6-10)7-16-8-15-13(4)17-9-18-15/h5-6,9,16H,7-8H2,1-4H3. The summed E-state index contributed by atoms with van der Waals surface area (Å²) in [6, 6.07) is 4.50. The Morgan fingerprint density at radius 3 is 2.28 bits per heavy atom. The van der Waals surface area contributed by atoms with Crippen molar-refractivity contribution in [3.63, 3.8) is 0 Å². The van der Waals surface area contributed by atoms with Crippen molar-refractivity contribution in [2.45, 2.75) is 40.8 Å². The van der Waals surface area contributed by atoms with Gasteiger partial charge in [-0.05, 0) is 44.4 Å². The second-order valence-corrected chi connectivity index (χ2v) is 5.78. The topological polar surface area (TPSA) is 24.9 Å². The van der Waals surface area contributed by atoms with E-state index in [1.165, 1.54) is 27.1 Å². The molecule has 96 valence electrons. The molecule has 0 spiro atoms. The minimum Gasteiger partial charge on any atom is -0.308 e. The van der Waals surface area contributed by atoms with Crippen LogP contribution in [0.2, 0.25) is 0 Å². The van der Waals surface area contributed by atoms with E-state index < -0.39 is 0 Å². The zero-order valence-corrected chi connectivity index (χ0v) is 12.3. The van der Waals surface area contributed by atoms with Crippen LogP contribution in [0.5, 0.6) is 0 Å². The SMILES string of the molecule is Cc1cc(C)c(CNCc2scnc2C)c(C)c1. The van der Waals surface area contributed by atoms with Gasteiger partial charge in [-0.1, -0.05) is 17.7 Å². The highest BCUT2D eigenvalue weighted by atomic mass is 32.1. The van der Waals surface area contributed by atoms with Gasteiger partial charge in [0.1, 0.15) is 0 Å². The maximum atomic E-state index is 4.27.